The molecule has 4 nitrogen and oxygen atoms in total. The van der Waals surface area contributed by atoms with Crippen LogP contribution in [-0.4, -0.2) is 23.2 Å². The average Bonchev–Trinajstić information content (AvgIpc) is 2.82. The van der Waals surface area contributed by atoms with Gasteiger partial charge in [0.15, 0.2) is 5.78 Å². The van der Waals surface area contributed by atoms with E-state index in [0.29, 0.717) is 17.8 Å². The molecule has 0 aliphatic heterocycles. The molecule has 2 N–H and O–H groups in total. The summed E-state index contributed by atoms with van der Waals surface area (Å²) >= 11 is 0. The Labute approximate surface area is 142 Å². The summed E-state index contributed by atoms with van der Waals surface area (Å²) in [5, 5.41) is 3.08. The van der Waals surface area contributed by atoms with E-state index in [1.807, 2.05) is 19.9 Å². The summed E-state index contributed by atoms with van der Waals surface area (Å²) in [6.07, 6.45) is 3.39. The summed E-state index contributed by atoms with van der Waals surface area (Å²) in [7, 11) is 0. The number of carbonyl (C=O) groups excluding carboxylic acids is 2. The maximum Gasteiger partial charge on any atom is 0.268 e. The Kier molecular flexibility index (Phi) is 4.31. The van der Waals surface area contributed by atoms with Gasteiger partial charge in [-0.3, -0.25) is 9.59 Å². The molecule has 0 atom stereocenters. The van der Waals surface area contributed by atoms with Crippen LogP contribution in [0, 0.1) is 13.8 Å². The van der Waals surface area contributed by atoms with E-state index in [9.17, 15) is 9.59 Å². The minimum atomic E-state index is -0.134. The molecule has 2 aromatic rings. The molecule has 4 heteroatoms. The first-order valence-corrected chi connectivity index (χ1v) is 8.48. The highest BCUT2D eigenvalue weighted by Crippen LogP contribution is 2.43. The maximum atomic E-state index is 12.6. The number of benzene rings is 1. The van der Waals surface area contributed by atoms with E-state index in [4.69, 9.17) is 0 Å². The monoisotopic (exact) mass is 324 g/mol. The predicted molar refractivity (Wildman–Crippen MR) is 94.6 cm³/mol. The fourth-order valence-electron chi connectivity index (χ4n) is 3.81. The first-order chi connectivity index (χ1) is 11.4. The highest BCUT2D eigenvalue weighted by Gasteiger charge is 2.39. The van der Waals surface area contributed by atoms with Gasteiger partial charge in [0, 0.05) is 23.2 Å². The van der Waals surface area contributed by atoms with Gasteiger partial charge in [-0.15, -0.1) is 0 Å². The quantitative estimate of drug-likeness (QED) is 0.824. The van der Waals surface area contributed by atoms with Crippen LogP contribution in [0.4, 0.5) is 0 Å². The van der Waals surface area contributed by atoms with Crippen molar-refractivity contribution in [2.45, 2.75) is 45.4 Å². The van der Waals surface area contributed by atoms with E-state index in [2.05, 4.69) is 34.6 Å². The van der Waals surface area contributed by atoms with Gasteiger partial charge in [-0.25, -0.2) is 0 Å². The topological polar surface area (TPSA) is 62.0 Å². The molecule has 1 aromatic carbocycles. The van der Waals surface area contributed by atoms with Gasteiger partial charge in [0.1, 0.15) is 5.69 Å². The summed E-state index contributed by atoms with van der Waals surface area (Å²) in [4.78, 5) is 27.4. The second-order valence-electron chi connectivity index (χ2n) is 6.86. The summed E-state index contributed by atoms with van der Waals surface area (Å²) in [5.74, 6) is -0.148. The molecular weight excluding hydrogens is 300 g/mol. The van der Waals surface area contributed by atoms with E-state index in [1.165, 1.54) is 18.9 Å². The zero-order valence-electron chi connectivity index (χ0n) is 14.5. The van der Waals surface area contributed by atoms with Crippen LogP contribution in [0.1, 0.15) is 63.9 Å². The first kappa shape index (κ1) is 16.5. The van der Waals surface area contributed by atoms with Crippen LogP contribution in [0.25, 0.3) is 0 Å². The summed E-state index contributed by atoms with van der Waals surface area (Å²) in [5.41, 5.74) is 3.96. The molecule has 0 unspecified atom stereocenters. The molecule has 3 rings (SSSR count). The number of H-pyrrole nitrogens is 1. The van der Waals surface area contributed by atoms with Crippen LogP contribution in [0.2, 0.25) is 0 Å². The van der Waals surface area contributed by atoms with Crippen molar-refractivity contribution in [3.8, 4) is 0 Å². The van der Waals surface area contributed by atoms with Gasteiger partial charge in [0.2, 0.25) is 0 Å². The number of amides is 1. The third-order valence-electron chi connectivity index (χ3n) is 5.30. The second-order valence-corrected chi connectivity index (χ2v) is 6.86. The van der Waals surface area contributed by atoms with Crippen molar-refractivity contribution >= 4 is 11.7 Å². The van der Waals surface area contributed by atoms with Crippen LogP contribution in [0.5, 0.6) is 0 Å². The summed E-state index contributed by atoms with van der Waals surface area (Å²) in [6.45, 7) is 5.82. The highest BCUT2D eigenvalue weighted by atomic mass is 16.2. The average molecular weight is 324 g/mol. The van der Waals surface area contributed by atoms with Gasteiger partial charge in [0.05, 0.1) is 0 Å². The number of hydrogen-bond donors (Lipinski definition) is 2. The fourth-order valence-corrected chi connectivity index (χ4v) is 3.81. The number of nitrogens with one attached hydrogen (secondary N) is 2. The Bertz CT molecular complexity index is 770. The lowest BCUT2D eigenvalue weighted by Gasteiger charge is -2.42. The lowest BCUT2D eigenvalue weighted by atomic mass is 9.64. The second kappa shape index (κ2) is 6.27. The SMILES string of the molecule is CC(=O)c1c(C)[nH]c(C(=O)NCC2(c3ccccc3)CCC2)c1C. The molecule has 1 aliphatic rings. The van der Waals surface area contributed by atoms with Gasteiger partial charge in [-0.05, 0) is 44.7 Å². The van der Waals surface area contributed by atoms with Crippen molar-refractivity contribution in [3.05, 3.63) is 58.4 Å². The van der Waals surface area contributed by atoms with Gasteiger partial charge in [-0.2, -0.15) is 0 Å². The number of carbonyl (C=O) groups is 2. The van der Waals surface area contributed by atoms with E-state index >= 15 is 0 Å². The van der Waals surface area contributed by atoms with Gasteiger partial charge >= 0.3 is 0 Å². The van der Waals surface area contributed by atoms with Crippen molar-refractivity contribution < 1.29 is 9.59 Å². The molecular formula is C20H24N2O2. The number of ketones is 1. The normalized spacial score (nSPS) is 15.6. The van der Waals surface area contributed by atoms with Gasteiger partial charge in [0.25, 0.3) is 5.91 Å². The molecule has 24 heavy (non-hydrogen) atoms. The Balaban J connectivity index is 1.76. The Morgan fingerprint density at radius 2 is 1.83 bits per heavy atom. The molecule has 1 amide bonds. The van der Waals surface area contributed by atoms with Crippen LogP contribution in [0.3, 0.4) is 0 Å². The lowest BCUT2D eigenvalue weighted by molar-refractivity contribution is 0.0922. The number of rotatable bonds is 5. The molecule has 1 heterocycles. The molecule has 1 fully saturated rings. The Morgan fingerprint density at radius 3 is 2.33 bits per heavy atom. The van der Waals surface area contributed by atoms with Gasteiger partial charge < -0.3 is 10.3 Å². The molecule has 0 saturated heterocycles. The van der Waals surface area contributed by atoms with Crippen molar-refractivity contribution in [3.63, 3.8) is 0 Å². The van der Waals surface area contributed by atoms with Crippen molar-refractivity contribution in [1.29, 1.82) is 0 Å². The zero-order valence-corrected chi connectivity index (χ0v) is 14.5. The van der Waals surface area contributed by atoms with E-state index in [-0.39, 0.29) is 17.1 Å². The van der Waals surface area contributed by atoms with Crippen LogP contribution in [-0.2, 0) is 5.41 Å². The van der Waals surface area contributed by atoms with E-state index < -0.39 is 0 Å². The maximum absolute atomic E-state index is 12.6. The standard InChI is InChI=1S/C20H24N2O2/c1-13-17(15(3)23)14(2)22-18(13)19(24)21-12-20(10-7-11-20)16-8-5-4-6-9-16/h4-6,8-9,22H,7,10-12H2,1-3H3,(H,21,24). The number of hydrogen-bond acceptors (Lipinski definition) is 2. The van der Waals surface area contributed by atoms with Crippen LogP contribution < -0.4 is 5.32 Å². The lowest BCUT2D eigenvalue weighted by Crippen LogP contribution is -2.45. The number of aromatic nitrogens is 1. The predicted octanol–water partition coefficient (Wildman–Crippen LogP) is 3.69. The third-order valence-corrected chi connectivity index (χ3v) is 5.30. The molecule has 1 saturated carbocycles. The van der Waals surface area contributed by atoms with E-state index in [1.54, 1.807) is 0 Å². The first-order valence-electron chi connectivity index (χ1n) is 8.48. The molecule has 126 valence electrons. The Morgan fingerprint density at radius 1 is 1.17 bits per heavy atom. The number of aromatic amines is 1. The molecule has 0 bridgehead atoms. The minimum Gasteiger partial charge on any atom is -0.354 e. The van der Waals surface area contributed by atoms with E-state index in [0.717, 1.165) is 24.1 Å². The van der Waals surface area contributed by atoms with Crippen molar-refractivity contribution in [2.75, 3.05) is 6.54 Å². The minimum absolute atomic E-state index is 0.0138. The van der Waals surface area contributed by atoms with Crippen molar-refractivity contribution in [1.82, 2.24) is 10.3 Å². The molecule has 0 radical (unpaired) electrons. The number of Topliss-reactive ketones (excluding diaryl/α,β-unsaturated/α-hetero) is 1. The van der Waals surface area contributed by atoms with Crippen LogP contribution >= 0.6 is 0 Å². The van der Waals surface area contributed by atoms with Crippen LogP contribution in [0.15, 0.2) is 30.3 Å². The molecule has 0 spiro atoms. The summed E-state index contributed by atoms with van der Waals surface area (Å²) in [6, 6.07) is 10.4. The zero-order chi connectivity index (χ0) is 17.3. The summed E-state index contributed by atoms with van der Waals surface area (Å²) < 4.78 is 0. The fraction of sp³-hybridized carbons (Fsp3) is 0.400. The largest absolute Gasteiger partial charge is 0.354 e. The smallest absolute Gasteiger partial charge is 0.268 e. The molecule has 1 aromatic heterocycles. The highest BCUT2D eigenvalue weighted by molar-refractivity contribution is 6.02. The Hall–Kier alpha value is -2.36. The third kappa shape index (κ3) is 2.77. The van der Waals surface area contributed by atoms with Gasteiger partial charge in [-0.1, -0.05) is 36.8 Å². The number of aryl methyl sites for hydroxylation is 1. The van der Waals surface area contributed by atoms with Crippen molar-refractivity contribution in [2.24, 2.45) is 0 Å². The molecule has 1 aliphatic carbocycles.